The van der Waals surface area contributed by atoms with Crippen LogP contribution in [-0.2, 0) is 24.6 Å². The third-order valence-electron chi connectivity index (χ3n) is 7.87. The SMILES string of the molecule is CCC(CC)(O[PH+](c1ccccc1)c1ccccc1)C1=N[C@@H](C(C)(C)C)CN1c1cccc2ccccc12.[CH3-].[CH3-].[Ir]. The maximum Gasteiger partial charge on any atom is 0.199 e. The first-order chi connectivity index (χ1) is 18.4. The van der Waals surface area contributed by atoms with Crippen molar-refractivity contribution in [2.45, 2.75) is 59.1 Å². The van der Waals surface area contributed by atoms with E-state index < -0.39 is 13.7 Å². The van der Waals surface area contributed by atoms with Gasteiger partial charge in [-0.25, -0.2) is 4.52 Å². The van der Waals surface area contributed by atoms with Crippen molar-refractivity contribution in [2.75, 3.05) is 11.4 Å². The molecule has 1 aliphatic heterocycles. The number of fused-ring (bicyclic) bond motifs is 1. The van der Waals surface area contributed by atoms with E-state index in [9.17, 15) is 0 Å². The molecule has 0 aromatic heterocycles. The van der Waals surface area contributed by atoms with Crippen molar-refractivity contribution in [1.82, 2.24) is 0 Å². The number of hydrogen-bond acceptors (Lipinski definition) is 3. The van der Waals surface area contributed by atoms with Crippen molar-refractivity contribution >= 4 is 41.1 Å². The summed E-state index contributed by atoms with van der Waals surface area (Å²) in [5, 5.41) is 5.03. The van der Waals surface area contributed by atoms with Gasteiger partial charge in [-0.3, -0.25) is 4.99 Å². The standard InChI is InChI=1S/C34H39N2OP.2CH3.Ir/c1-6-34(7-2,37-38(27-19-10-8-11-20-27)28-21-12-9-13-22-28)32-35-31(33(3,4)5)25-36(32)30-24-16-18-26-17-14-15-23-29(26)30;;;/h8-24,31H,6-7,25H2,1-5H3;2*1H3;/q;2*-1;/p+1/t31-;;;/m1.../s1. The summed E-state index contributed by atoms with van der Waals surface area (Å²) in [6, 6.07) is 37.0. The topological polar surface area (TPSA) is 24.8 Å². The summed E-state index contributed by atoms with van der Waals surface area (Å²) in [7, 11) is -1.52. The van der Waals surface area contributed by atoms with Crippen LogP contribution in [0.5, 0.6) is 0 Å². The van der Waals surface area contributed by atoms with Gasteiger partial charge in [0.1, 0.15) is 16.4 Å². The molecule has 0 unspecified atom stereocenters. The van der Waals surface area contributed by atoms with Crippen LogP contribution in [0.1, 0.15) is 47.5 Å². The normalized spacial score (nSPS) is 15.1. The number of nitrogens with zero attached hydrogens (tertiary/aromatic N) is 2. The molecule has 0 aliphatic carbocycles. The van der Waals surface area contributed by atoms with Gasteiger partial charge in [-0.15, -0.1) is 0 Å². The summed E-state index contributed by atoms with van der Waals surface area (Å²) in [4.78, 5) is 7.99. The van der Waals surface area contributed by atoms with Gasteiger partial charge >= 0.3 is 0 Å². The predicted octanol–water partition coefficient (Wildman–Crippen LogP) is 8.73. The van der Waals surface area contributed by atoms with E-state index in [4.69, 9.17) is 9.52 Å². The third-order valence-corrected chi connectivity index (χ3v) is 10.2. The van der Waals surface area contributed by atoms with Gasteiger partial charge in [0.25, 0.3) is 0 Å². The number of rotatable bonds is 8. The Morgan fingerprint density at radius 3 is 1.80 bits per heavy atom. The predicted molar refractivity (Wildman–Crippen MR) is 180 cm³/mol. The molecular weight excluding hydrogens is 700 g/mol. The first kappa shape index (κ1) is 34.8. The molecule has 0 spiro atoms. The van der Waals surface area contributed by atoms with Crippen molar-refractivity contribution in [1.29, 1.82) is 0 Å². The van der Waals surface area contributed by atoms with Crippen LogP contribution in [0.2, 0.25) is 0 Å². The van der Waals surface area contributed by atoms with Gasteiger partial charge in [-0.05, 0) is 54.0 Å². The average Bonchev–Trinajstić information content (AvgIpc) is 3.41. The molecule has 1 aliphatic rings. The van der Waals surface area contributed by atoms with Crippen molar-refractivity contribution < 1.29 is 24.6 Å². The second-order valence-corrected chi connectivity index (χ2v) is 13.3. The molecule has 1 atom stereocenters. The van der Waals surface area contributed by atoms with Crippen LogP contribution in [0.15, 0.2) is 108 Å². The number of amidine groups is 1. The number of hydrogen-bond donors (Lipinski definition) is 0. The Labute approximate surface area is 263 Å². The van der Waals surface area contributed by atoms with Gasteiger partial charge in [0.2, 0.25) is 0 Å². The Balaban J connectivity index is 0.00000196. The maximum atomic E-state index is 7.45. The van der Waals surface area contributed by atoms with Crippen LogP contribution in [0, 0.1) is 20.3 Å². The van der Waals surface area contributed by atoms with Gasteiger partial charge in [-0.2, -0.15) is 0 Å². The molecule has 41 heavy (non-hydrogen) atoms. The molecule has 0 saturated carbocycles. The molecule has 5 rings (SSSR count). The molecule has 4 aromatic carbocycles. The van der Waals surface area contributed by atoms with E-state index in [1.807, 2.05) is 0 Å². The number of benzene rings is 4. The fourth-order valence-corrected chi connectivity index (χ4v) is 7.75. The van der Waals surface area contributed by atoms with E-state index in [2.05, 4.69) is 143 Å². The van der Waals surface area contributed by atoms with Gasteiger partial charge in [0.05, 0.1) is 11.7 Å². The summed E-state index contributed by atoms with van der Waals surface area (Å²) in [6.07, 6.45) is 1.71. The first-order valence-electron chi connectivity index (χ1n) is 13.9. The quantitative estimate of drug-likeness (QED) is 0.133. The molecule has 4 aromatic rings. The van der Waals surface area contributed by atoms with Crippen LogP contribution >= 0.6 is 8.15 Å². The number of anilines is 1. The zero-order valence-corrected chi connectivity index (χ0v) is 29.0. The minimum Gasteiger partial charge on any atom is -0.358 e. The summed E-state index contributed by atoms with van der Waals surface area (Å²) >= 11 is 0. The molecule has 0 amide bonds. The van der Waals surface area contributed by atoms with E-state index in [0.29, 0.717) is 0 Å². The molecule has 221 valence electrons. The smallest absolute Gasteiger partial charge is 0.199 e. The van der Waals surface area contributed by atoms with Gasteiger partial charge in [0.15, 0.2) is 13.7 Å². The largest absolute Gasteiger partial charge is 0.358 e. The summed E-state index contributed by atoms with van der Waals surface area (Å²) in [6.45, 7) is 12.3. The van der Waals surface area contributed by atoms with E-state index in [0.717, 1.165) is 25.2 Å². The third kappa shape index (κ3) is 7.18. The Morgan fingerprint density at radius 2 is 1.27 bits per heavy atom. The molecule has 1 radical (unpaired) electrons. The molecule has 0 fully saturated rings. The summed E-state index contributed by atoms with van der Waals surface area (Å²) < 4.78 is 7.45. The van der Waals surface area contributed by atoms with Crippen molar-refractivity contribution in [2.24, 2.45) is 10.4 Å². The summed E-state index contributed by atoms with van der Waals surface area (Å²) in [5.41, 5.74) is 0.762. The van der Waals surface area contributed by atoms with Gasteiger partial charge < -0.3 is 19.8 Å². The molecule has 1 heterocycles. The van der Waals surface area contributed by atoms with Crippen LogP contribution in [0.25, 0.3) is 10.8 Å². The van der Waals surface area contributed by atoms with Gasteiger partial charge in [-0.1, -0.05) is 107 Å². The van der Waals surface area contributed by atoms with Gasteiger partial charge in [0, 0.05) is 32.0 Å². The number of aliphatic imine (C=N–C) groups is 1. The first-order valence-corrected chi connectivity index (χ1v) is 15.3. The Morgan fingerprint density at radius 1 is 0.756 bits per heavy atom. The minimum absolute atomic E-state index is 0. The van der Waals surface area contributed by atoms with Crippen molar-refractivity contribution in [3.63, 3.8) is 0 Å². The minimum atomic E-state index is -1.52. The van der Waals surface area contributed by atoms with Crippen LogP contribution in [0.3, 0.4) is 0 Å². The Kier molecular flexibility index (Phi) is 12.5. The molecule has 5 heteroatoms. The van der Waals surface area contributed by atoms with E-state index in [-0.39, 0.29) is 46.4 Å². The average molecular weight is 746 g/mol. The molecule has 0 N–H and O–H groups in total. The molecule has 0 saturated heterocycles. The van der Waals surface area contributed by atoms with Crippen molar-refractivity contribution in [3.05, 3.63) is 118 Å². The van der Waals surface area contributed by atoms with E-state index in [1.165, 1.54) is 27.1 Å². The zero-order chi connectivity index (χ0) is 26.8. The second-order valence-electron chi connectivity index (χ2n) is 11.3. The maximum absolute atomic E-state index is 7.45. The zero-order valence-electron chi connectivity index (χ0n) is 25.6. The molecule has 0 bridgehead atoms. The van der Waals surface area contributed by atoms with Crippen LogP contribution in [-0.4, -0.2) is 24.0 Å². The fourth-order valence-electron chi connectivity index (χ4n) is 5.42. The van der Waals surface area contributed by atoms with Crippen LogP contribution in [0.4, 0.5) is 5.69 Å². The van der Waals surface area contributed by atoms with Crippen LogP contribution < -0.4 is 15.5 Å². The molecular formula is C36H46IrN2OP-. The van der Waals surface area contributed by atoms with E-state index >= 15 is 0 Å². The summed E-state index contributed by atoms with van der Waals surface area (Å²) in [5.74, 6) is 1.08. The molecule has 3 nitrogen and oxygen atoms in total. The van der Waals surface area contributed by atoms with Crippen molar-refractivity contribution in [3.8, 4) is 0 Å². The fraction of sp³-hybridized carbons (Fsp3) is 0.306. The van der Waals surface area contributed by atoms with E-state index in [1.54, 1.807) is 0 Å². The second kappa shape index (κ2) is 14.7. The Bertz CT molecular complexity index is 1350. The monoisotopic (exact) mass is 746 g/mol. The Hall–Kier alpha value is -2.35.